The van der Waals surface area contributed by atoms with E-state index < -0.39 is 50.4 Å². The van der Waals surface area contributed by atoms with Crippen molar-refractivity contribution in [2.24, 2.45) is 0 Å². The maximum Gasteiger partial charge on any atom is 0.416 e. The lowest BCUT2D eigenvalue weighted by atomic mass is 10.1. The fourth-order valence-electron chi connectivity index (χ4n) is 4.18. The van der Waals surface area contributed by atoms with Gasteiger partial charge < -0.3 is 14.8 Å². The van der Waals surface area contributed by atoms with Gasteiger partial charge in [0, 0.05) is 12.2 Å². The van der Waals surface area contributed by atoms with Gasteiger partial charge in [0.2, 0.25) is 5.91 Å². The first-order valence-electron chi connectivity index (χ1n) is 12.9. The maximum absolute atomic E-state index is 13.8. The van der Waals surface area contributed by atoms with E-state index in [1.165, 1.54) is 18.2 Å². The van der Waals surface area contributed by atoms with Crippen molar-refractivity contribution < 1.29 is 40.7 Å². The topological polar surface area (TPSA) is 114 Å². The number of anilines is 2. The van der Waals surface area contributed by atoms with Crippen LogP contribution >= 0.6 is 0 Å². The van der Waals surface area contributed by atoms with Gasteiger partial charge in [0.1, 0.15) is 17.5 Å². The molecule has 2 N–H and O–H groups in total. The highest BCUT2D eigenvalue weighted by Gasteiger charge is 2.38. The molecule has 4 rings (SSSR count). The van der Waals surface area contributed by atoms with E-state index in [4.69, 9.17) is 9.47 Å². The van der Waals surface area contributed by atoms with E-state index in [9.17, 15) is 31.2 Å². The molecule has 3 aromatic carbocycles. The van der Waals surface area contributed by atoms with E-state index in [1.807, 2.05) is 30.3 Å². The second kappa shape index (κ2) is 11.9. The summed E-state index contributed by atoms with van der Waals surface area (Å²) in [6.45, 7) is 4.89. The van der Waals surface area contributed by atoms with Crippen molar-refractivity contribution in [3.05, 3.63) is 83.9 Å². The summed E-state index contributed by atoms with van der Waals surface area (Å²) in [7, 11) is -4.58. The standard InChI is InChI=1S/C29H30F3N3O6S/c1-28(2,3)41-27(37)34-21-12-13-25-24(15-21)35(42(38,39)23-11-7-10-20(14-23)29(30,31)32)18-22(40-25)16-26(36)33-17-19-8-5-4-6-9-19/h4-15,22H,16-18H2,1-3H3,(H,33,36)(H,34,37)/t22-/m0/s1. The molecule has 0 saturated carbocycles. The molecular weight excluding hydrogens is 575 g/mol. The molecule has 1 heterocycles. The Morgan fingerprint density at radius 1 is 1.00 bits per heavy atom. The van der Waals surface area contributed by atoms with E-state index in [0.717, 1.165) is 28.1 Å². The Morgan fingerprint density at radius 2 is 1.71 bits per heavy atom. The zero-order chi connectivity index (χ0) is 30.7. The van der Waals surface area contributed by atoms with Gasteiger partial charge in [-0.2, -0.15) is 13.2 Å². The smallest absolute Gasteiger partial charge is 0.416 e. The van der Waals surface area contributed by atoms with Gasteiger partial charge in [-0.3, -0.25) is 14.4 Å². The number of rotatable bonds is 7. The maximum atomic E-state index is 13.8. The number of ether oxygens (including phenoxy) is 2. The number of hydrogen-bond acceptors (Lipinski definition) is 6. The summed E-state index contributed by atoms with van der Waals surface area (Å²) in [6, 6.07) is 16.7. The number of halogens is 3. The van der Waals surface area contributed by atoms with Gasteiger partial charge in [-0.1, -0.05) is 36.4 Å². The minimum atomic E-state index is -4.77. The van der Waals surface area contributed by atoms with Gasteiger partial charge >= 0.3 is 12.3 Å². The lowest BCUT2D eigenvalue weighted by molar-refractivity contribution is -0.137. The number of sulfonamides is 1. The highest BCUT2D eigenvalue weighted by atomic mass is 32.2. The SMILES string of the molecule is CC(C)(C)OC(=O)Nc1ccc2c(c1)N(S(=O)(=O)c1cccc(C(F)(F)F)c1)C[C@H](CC(=O)NCc1ccccc1)O2. The van der Waals surface area contributed by atoms with Crippen molar-refractivity contribution in [2.45, 2.75) is 56.5 Å². The predicted octanol–water partition coefficient (Wildman–Crippen LogP) is 5.72. The second-order valence-corrected chi connectivity index (χ2v) is 12.4. The number of nitrogens with zero attached hydrogens (tertiary/aromatic N) is 1. The van der Waals surface area contributed by atoms with Gasteiger partial charge in [-0.25, -0.2) is 13.2 Å². The van der Waals surface area contributed by atoms with Crippen molar-refractivity contribution in [1.29, 1.82) is 0 Å². The molecule has 0 bridgehead atoms. The summed E-state index contributed by atoms with van der Waals surface area (Å²) in [5, 5.41) is 5.27. The van der Waals surface area contributed by atoms with Crippen molar-refractivity contribution in [2.75, 3.05) is 16.2 Å². The van der Waals surface area contributed by atoms with Gasteiger partial charge in [-0.15, -0.1) is 0 Å². The Labute approximate surface area is 241 Å². The molecule has 1 atom stereocenters. The van der Waals surface area contributed by atoms with E-state index >= 15 is 0 Å². The summed E-state index contributed by atoms with van der Waals surface area (Å²) >= 11 is 0. The van der Waals surface area contributed by atoms with Crippen LogP contribution in [0.2, 0.25) is 0 Å². The summed E-state index contributed by atoms with van der Waals surface area (Å²) in [6.07, 6.45) is -6.74. The Balaban J connectivity index is 1.64. The third-order valence-electron chi connectivity index (χ3n) is 6.03. The summed E-state index contributed by atoms with van der Waals surface area (Å²) < 4.78 is 79.9. The fraction of sp³-hybridized carbons (Fsp3) is 0.310. The fourth-order valence-corrected chi connectivity index (χ4v) is 5.73. The average Bonchev–Trinajstić information content (AvgIpc) is 2.90. The second-order valence-electron chi connectivity index (χ2n) is 10.6. The number of benzene rings is 3. The largest absolute Gasteiger partial charge is 0.486 e. The number of carbonyl (C=O) groups excluding carboxylic acids is 2. The number of fused-ring (bicyclic) bond motifs is 1. The Bertz CT molecular complexity index is 1560. The first-order chi connectivity index (χ1) is 19.6. The zero-order valence-corrected chi connectivity index (χ0v) is 23.9. The summed E-state index contributed by atoms with van der Waals surface area (Å²) in [5.74, 6) is -0.348. The van der Waals surface area contributed by atoms with Gasteiger partial charge in [0.25, 0.3) is 10.0 Å². The Morgan fingerprint density at radius 3 is 2.38 bits per heavy atom. The monoisotopic (exact) mass is 605 g/mol. The first kappa shape index (κ1) is 30.7. The van der Waals surface area contributed by atoms with E-state index in [2.05, 4.69) is 10.6 Å². The molecule has 0 aliphatic carbocycles. The Kier molecular flexibility index (Phi) is 8.71. The van der Waals surface area contributed by atoms with Gasteiger partial charge in [0.05, 0.1) is 29.1 Å². The quantitative estimate of drug-likeness (QED) is 0.357. The number of nitrogens with one attached hydrogen (secondary N) is 2. The van der Waals surface area contributed by atoms with Crippen LogP contribution < -0.4 is 19.7 Å². The van der Waals surface area contributed by atoms with Gasteiger partial charge in [-0.05, 0) is 62.7 Å². The highest BCUT2D eigenvalue weighted by Crippen LogP contribution is 2.40. The van der Waals surface area contributed by atoms with Crippen LogP contribution in [0.5, 0.6) is 5.75 Å². The van der Waals surface area contributed by atoms with Crippen molar-refractivity contribution in [3.63, 3.8) is 0 Å². The van der Waals surface area contributed by atoms with E-state index in [1.54, 1.807) is 20.8 Å². The van der Waals surface area contributed by atoms with Crippen molar-refractivity contribution in [1.82, 2.24) is 5.32 Å². The molecule has 0 saturated heterocycles. The number of amides is 2. The molecule has 13 heteroatoms. The van der Waals surface area contributed by atoms with Gasteiger partial charge in [0.15, 0.2) is 0 Å². The molecule has 0 aromatic heterocycles. The molecule has 9 nitrogen and oxygen atoms in total. The van der Waals surface area contributed by atoms with E-state index in [0.29, 0.717) is 6.07 Å². The summed E-state index contributed by atoms with van der Waals surface area (Å²) in [5.41, 5.74) is -0.931. The summed E-state index contributed by atoms with van der Waals surface area (Å²) in [4.78, 5) is 24.4. The number of carbonyl (C=O) groups is 2. The average molecular weight is 606 g/mol. The molecule has 0 radical (unpaired) electrons. The molecule has 1 aliphatic heterocycles. The zero-order valence-electron chi connectivity index (χ0n) is 23.1. The number of alkyl halides is 3. The minimum Gasteiger partial charge on any atom is -0.486 e. The highest BCUT2D eigenvalue weighted by molar-refractivity contribution is 7.92. The Hall–Kier alpha value is -4.26. The molecule has 3 aromatic rings. The van der Waals surface area contributed by atoms with Crippen molar-refractivity contribution >= 4 is 33.4 Å². The van der Waals surface area contributed by atoms with Crippen LogP contribution in [-0.2, 0) is 32.3 Å². The van der Waals surface area contributed by atoms with Crippen LogP contribution in [0.1, 0.15) is 38.3 Å². The lowest BCUT2D eigenvalue weighted by Crippen LogP contribution is -2.45. The van der Waals surface area contributed by atoms with Crippen LogP contribution in [0.4, 0.5) is 29.3 Å². The van der Waals surface area contributed by atoms with Crippen LogP contribution in [0, 0.1) is 0 Å². The third-order valence-corrected chi connectivity index (χ3v) is 7.81. The molecule has 1 aliphatic rings. The van der Waals surface area contributed by atoms with Crippen LogP contribution in [0.15, 0.2) is 77.7 Å². The molecule has 224 valence electrons. The molecule has 0 spiro atoms. The molecule has 42 heavy (non-hydrogen) atoms. The van der Waals surface area contributed by atoms with Crippen LogP contribution in [0.25, 0.3) is 0 Å². The molecular formula is C29H30F3N3O6S. The van der Waals surface area contributed by atoms with Crippen LogP contribution in [0.3, 0.4) is 0 Å². The lowest BCUT2D eigenvalue weighted by Gasteiger charge is -2.35. The predicted molar refractivity (Wildman–Crippen MR) is 150 cm³/mol. The molecule has 0 fully saturated rings. The number of hydrogen-bond donors (Lipinski definition) is 2. The van der Waals surface area contributed by atoms with E-state index in [-0.39, 0.29) is 36.6 Å². The van der Waals surface area contributed by atoms with Crippen molar-refractivity contribution in [3.8, 4) is 5.75 Å². The minimum absolute atomic E-state index is 0.0260. The molecule has 2 amide bonds. The molecule has 0 unspecified atom stereocenters. The third kappa shape index (κ3) is 7.72. The van der Waals surface area contributed by atoms with Crippen LogP contribution in [-0.4, -0.2) is 38.7 Å². The first-order valence-corrected chi connectivity index (χ1v) is 14.4. The normalized spacial score (nSPS) is 15.3.